The van der Waals surface area contributed by atoms with Gasteiger partial charge in [-0.2, -0.15) is 0 Å². The standard InChI is InChI=1S/C27H31F2N7S/c1-3-35(2)37-34-25-6-4-5-21(26(25)29)22(27(30)19-9-11-31-12-10-19)18-33-24-8-7-20(17-23(24)28)36-15-13-32-14-16-36/h4-12,17-18,32,34H,3,13-16,30H2,1-2H3/b27-22+,33-18?. The molecule has 194 valence electrons. The van der Waals surface area contributed by atoms with Gasteiger partial charge in [0.05, 0.1) is 11.4 Å². The molecule has 4 N–H and O–H groups in total. The molecule has 0 atom stereocenters. The number of nitrogens with one attached hydrogen (secondary N) is 2. The van der Waals surface area contributed by atoms with Crippen molar-refractivity contribution in [3.05, 3.63) is 83.7 Å². The van der Waals surface area contributed by atoms with E-state index in [9.17, 15) is 0 Å². The van der Waals surface area contributed by atoms with Crippen molar-refractivity contribution >= 4 is 46.7 Å². The zero-order valence-electron chi connectivity index (χ0n) is 20.9. The second-order valence-electron chi connectivity index (χ2n) is 8.50. The van der Waals surface area contributed by atoms with Gasteiger partial charge in [0.2, 0.25) is 0 Å². The molecule has 0 saturated carbocycles. The van der Waals surface area contributed by atoms with Gasteiger partial charge in [0.1, 0.15) is 0 Å². The fraction of sp³-hybridized carbons (Fsp3) is 0.259. The summed E-state index contributed by atoms with van der Waals surface area (Å²) in [5, 5.41) is 3.29. The van der Waals surface area contributed by atoms with Crippen LogP contribution in [-0.2, 0) is 0 Å². The summed E-state index contributed by atoms with van der Waals surface area (Å²) in [4.78, 5) is 10.5. The van der Waals surface area contributed by atoms with Crippen molar-refractivity contribution in [1.82, 2.24) is 14.6 Å². The first-order chi connectivity index (χ1) is 18.0. The minimum Gasteiger partial charge on any atom is -0.398 e. The van der Waals surface area contributed by atoms with E-state index in [-0.39, 0.29) is 11.3 Å². The number of piperazine rings is 1. The Morgan fingerprint density at radius 1 is 1.19 bits per heavy atom. The van der Waals surface area contributed by atoms with E-state index in [2.05, 4.69) is 24.9 Å². The van der Waals surface area contributed by atoms with Gasteiger partial charge < -0.3 is 20.7 Å². The van der Waals surface area contributed by atoms with E-state index in [4.69, 9.17) is 5.73 Å². The SMILES string of the molecule is CCN(C)SNc1cccc(/C(C=Nc2ccc(N3CCNCC3)cc2F)=C(/N)c2ccncc2)c1F. The van der Waals surface area contributed by atoms with E-state index in [0.717, 1.165) is 38.4 Å². The molecule has 1 aliphatic heterocycles. The molecule has 1 aromatic heterocycles. The van der Waals surface area contributed by atoms with Gasteiger partial charge in [-0.1, -0.05) is 19.1 Å². The molecule has 1 fully saturated rings. The third-order valence-electron chi connectivity index (χ3n) is 6.07. The number of aliphatic imine (C=N–C) groups is 1. The number of aromatic nitrogens is 1. The number of pyridine rings is 1. The first-order valence-corrected chi connectivity index (χ1v) is 12.9. The molecule has 1 saturated heterocycles. The zero-order valence-corrected chi connectivity index (χ0v) is 21.7. The van der Waals surface area contributed by atoms with Gasteiger partial charge in [-0.3, -0.25) is 9.98 Å². The van der Waals surface area contributed by atoms with Gasteiger partial charge in [-0.15, -0.1) is 0 Å². The Hall–Kier alpha value is -3.47. The molecule has 2 aromatic carbocycles. The van der Waals surface area contributed by atoms with Crippen molar-refractivity contribution < 1.29 is 8.78 Å². The Morgan fingerprint density at radius 2 is 1.95 bits per heavy atom. The zero-order chi connectivity index (χ0) is 26.2. The number of nitrogens with zero attached hydrogens (tertiary/aromatic N) is 4. The van der Waals surface area contributed by atoms with Crippen molar-refractivity contribution in [3.63, 3.8) is 0 Å². The molecule has 2 heterocycles. The number of halogens is 2. The Bertz CT molecular complexity index is 1260. The molecule has 4 rings (SSSR count). The summed E-state index contributed by atoms with van der Waals surface area (Å²) >= 11 is 1.29. The second-order valence-corrected chi connectivity index (χ2v) is 9.51. The van der Waals surface area contributed by atoms with E-state index in [0.29, 0.717) is 22.5 Å². The molecule has 0 bridgehead atoms. The summed E-state index contributed by atoms with van der Waals surface area (Å²) in [5.74, 6) is -0.934. The Labute approximate surface area is 220 Å². The van der Waals surface area contributed by atoms with Gasteiger partial charge in [0.15, 0.2) is 11.6 Å². The molecule has 0 aliphatic carbocycles. The third-order valence-corrected chi connectivity index (χ3v) is 6.95. The fourth-order valence-electron chi connectivity index (χ4n) is 3.84. The minimum atomic E-state index is -0.479. The van der Waals surface area contributed by atoms with Crippen LogP contribution in [0.15, 0.2) is 65.9 Å². The summed E-state index contributed by atoms with van der Waals surface area (Å²) in [5.41, 5.74) is 9.33. The highest BCUT2D eigenvalue weighted by atomic mass is 32.2. The van der Waals surface area contributed by atoms with E-state index in [1.807, 2.05) is 24.3 Å². The van der Waals surface area contributed by atoms with Crippen LogP contribution in [-0.4, -0.2) is 55.3 Å². The van der Waals surface area contributed by atoms with Crippen molar-refractivity contribution in [2.75, 3.05) is 49.4 Å². The molecule has 0 spiro atoms. The topological polar surface area (TPSA) is 81.8 Å². The molecule has 37 heavy (non-hydrogen) atoms. The number of rotatable bonds is 9. The molecule has 0 radical (unpaired) electrons. The van der Waals surface area contributed by atoms with Gasteiger partial charge in [0, 0.05) is 91.6 Å². The maximum absolute atomic E-state index is 15.7. The summed E-state index contributed by atoms with van der Waals surface area (Å²) in [6.07, 6.45) is 4.64. The van der Waals surface area contributed by atoms with Crippen LogP contribution >= 0.6 is 12.1 Å². The molecule has 1 aliphatic rings. The average Bonchev–Trinajstić information content (AvgIpc) is 2.94. The van der Waals surface area contributed by atoms with Crippen LogP contribution in [0.1, 0.15) is 18.1 Å². The molecule has 0 unspecified atom stereocenters. The number of benzene rings is 2. The highest BCUT2D eigenvalue weighted by Crippen LogP contribution is 2.31. The molecular weight excluding hydrogens is 492 g/mol. The van der Waals surface area contributed by atoms with Crippen LogP contribution in [0, 0.1) is 11.6 Å². The molecule has 7 nitrogen and oxygen atoms in total. The van der Waals surface area contributed by atoms with Crippen LogP contribution in [0.25, 0.3) is 11.3 Å². The number of nitrogens with two attached hydrogens (primary N) is 1. The molecular formula is C27H31F2N7S. The quantitative estimate of drug-likeness (QED) is 0.271. The van der Waals surface area contributed by atoms with E-state index < -0.39 is 11.6 Å². The maximum atomic E-state index is 15.7. The summed E-state index contributed by atoms with van der Waals surface area (Å²) in [6, 6.07) is 13.5. The van der Waals surface area contributed by atoms with E-state index >= 15 is 8.78 Å². The van der Waals surface area contributed by atoms with E-state index in [1.54, 1.807) is 48.8 Å². The molecule has 3 aromatic rings. The van der Waals surface area contributed by atoms with Crippen molar-refractivity contribution in [2.45, 2.75) is 6.92 Å². The average molecular weight is 524 g/mol. The number of allylic oxidation sites excluding steroid dienone is 1. The van der Waals surface area contributed by atoms with Crippen molar-refractivity contribution in [3.8, 4) is 0 Å². The lowest BCUT2D eigenvalue weighted by Gasteiger charge is -2.29. The van der Waals surface area contributed by atoms with Crippen LogP contribution in [0.5, 0.6) is 0 Å². The van der Waals surface area contributed by atoms with Crippen LogP contribution in [0.2, 0.25) is 0 Å². The normalized spacial score (nSPS) is 14.8. The van der Waals surface area contributed by atoms with Gasteiger partial charge in [-0.05, 0) is 43.4 Å². The first kappa shape index (κ1) is 26.6. The third kappa shape index (κ3) is 6.65. The van der Waals surface area contributed by atoms with E-state index in [1.165, 1.54) is 24.4 Å². The maximum Gasteiger partial charge on any atom is 0.155 e. The van der Waals surface area contributed by atoms with Crippen LogP contribution in [0.3, 0.4) is 0 Å². The summed E-state index contributed by atoms with van der Waals surface area (Å²) in [7, 11) is 1.90. The predicted molar refractivity (Wildman–Crippen MR) is 151 cm³/mol. The van der Waals surface area contributed by atoms with Crippen molar-refractivity contribution in [1.29, 1.82) is 0 Å². The lowest BCUT2D eigenvalue weighted by Crippen LogP contribution is -2.43. The van der Waals surface area contributed by atoms with Crippen LogP contribution in [0.4, 0.5) is 25.8 Å². The number of anilines is 2. The first-order valence-electron chi connectivity index (χ1n) is 12.1. The lowest BCUT2D eigenvalue weighted by molar-refractivity contribution is 0.585. The lowest BCUT2D eigenvalue weighted by atomic mass is 10.00. The van der Waals surface area contributed by atoms with Gasteiger partial charge in [-0.25, -0.2) is 13.1 Å². The molecule has 10 heteroatoms. The van der Waals surface area contributed by atoms with Gasteiger partial charge in [0.25, 0.3) is 0 Å². The smallest absolute Gasteiger partial charge is 0.155 e. The predicted octanol–water partition coefficient (Wildman–Crippen LogP) is 4.93. The Kier molecular flexibility index (Phi) is 9.10. The van der Waals surface area contributed by atoms with Crippen LogP contribution < -0.4 is 20.7 Å². The second kappa shape index (κ2) is 12.7. The summed E-state index contributed by atoms with van der Waals surface area (Å²) < 4.78 is 35.7. The highest BCUT2D eigenvalue weighted by Gasteiger charge is 2.17. The largest absolute Gasteiger partial charge is 0.398 e. The molecule has 0 amide bonds. The van der Waals surface area contributed by atoms with Crippen molar-refractivity contribution in [2.24, 2.45) is 10.7 Å². The monoisotopic (exact) mass is 523 g/mol. The Balaban J connectivity index is 1.70. The Morgan fingerprint density at radius 3 is 2.65 bits per heavy atom. The number of hydrogen-bond acceptors (Lipinski definition) is 8. The summed E-state index contributed by atoms with van der Waals surface area (Å²) in [6.45, 7) is 6.13. The minimum absolute atomic E-state index is 0.147. The fourth-order valence-corrected chi connectivity index (χ4v) is 4.38. The number of hydrogen-bond donors (Lipinski definition) is 3. The van der Waals surface area contributed by atoms with Gasteiger partial charge >= 0.3 is 0 Å². The highest BCUT2D eigenvalue weighted by molar-refractivity contribution is 7.98.